The van der Waals surface area contributed by atoms with Crippen LogP contribution in [-0.2, 0) is 0 Å². The summed E-state index contributed by atoms with van der Waals surface area (Å²) in [5.74, 6) is 0.721. The van der Waals surface area contributed by atoms with Gasteiger partial charge in [0.25, 0.3) is 5.91 Å². The van der Waals surface area contributed by atoms with Gasteiger partial charge in [-0.2, -0.15) is 0 Å². The molecule has 0 bridgehead atoms. The number of carbonyl (C=O) groups excluding carboxylic acids is 1. The number of aromatic nitrogens is 1. The second-order valence-corrected chi connectivity index (χ2v) is 8.62. The highest BCUT2D eigenvalue weighted by molar-refractivity contribution is 6.06. The summed E-state index contributed by atoms with van der Waals surface area (Å²) in [6, 6.07) is 19.5. The maximum Gasteiger partial charge on any atom is 0.257 e. The number of benzene rings is 2. The highest BCUT2D eigenvalue weighted by Gasteiger charge is 2.39. The smallest absolute Gasteiger partial charge is 0.257 e. The summed E-state index contributed by atoms with van der Waals surface area (Å²) in [4.78, 5) is 19.7. The van der Waals surface area contributed by atoms with E-state index in [1.54, 1.807) is 6.20 Å². The van der Waals surface area contributed by atoms with E-state index < -0.39 is 0 Å². The van der Waals surface area contributed by atoms with Crippen molar-refractivity contribution in [3.05, 3.63) is 72.4 Å². The quantitative estimate of drug-likeness (QED) is 0.567. The minimum Gasteiger partial charge on any atom is -0.397 e. The van der Waals surface area contributed by atoms with Crippen molar-refractivity contribution in [2.24, 2.45) is 5.41 Å². The first-order chi connectivity index (χ1) is 15.1. The first kappa shape index (κ1) is 19.6. The van der Waals surface area contributed by atoms with Crippen LogP contribution < -0.4 is 21.3 Å². The van der Waals surface area contributed by atoms with Gasteiger partial charge in [-0.3, -0.25) is 4.79 Å². The lowest BCUT2D eigenvalue weighted by atomic mass is 9.73. The van der Waals surface area contributed by atoms with Gasteiger partial charge in [-0.25, -0.2) is 4.98 Å². The molecule has 2 aliphatic rings. The van der Waals surface area contributed by atoms with E-state index >= 15 is 0 Å². The molecule has 0 aliphatic carbocycles. The summed E-state index contributed by atoms with van der Waals surface area (Å²) in [6.07, 6.45) is 4.04. The van der Waals surface area contributed by atoms with Crippen LogP contribution in [0, 0.1) is 5.41 Å². The van der Waals surface area contributed by atoms with Gasteiger partial charge in [0.1, 0.15) is 5.82 Å². The van der Waals surface area contributed by atoms with Crippen molar-refractivity contribution in [2.75, 3.05) is 42.1 Å². The van der Waals surface area contributed by atoms with Gasteiger partial charge in [0, 0.05) is 32.4 Å². The lowest BCUT2D eigenvalue weighted by Crippen LogP contribution is -2.58. The number of pyridine rings is 1. The zero-order valence-electron chi connectivity index (χ0n) is 17.5. The van der Waals surface area contributed by atoms with Crippen LogP contribution in [0.1, 0.15) is 23.2 Å². The average molecular weight is 414 g/mol. The summed E-state index contributed by atoms with van der Waals surface area (Å²) in [6.45, 7) is 4.32. The third kappa shape index (κ3) is 3.99. The van der Waals surface area contributed by atoms with Crippen LogP contribution in [0.15, 0.2) is 66.9 Å². The molecule has 3 heterocycles. The SMILES string of the molecule is Nc1ccc(-c2ccccc2)cc1NC(=O)c1ccc(N2CCC3(CC2)CNC3)nc1. The highest BCUT2D eigenvalue weighted by atomic mass is 16.1. The third-order valence-electron chi connectivity index (χ3n) is 6.57. The van der Waals surface area contributed by atoms with Crippen molar-refractivity contribution < 1.29 is 4.79 Å². The van der Waals surface area contributed by atoms with E-state index in [1.165, 1.54) is 12.8 Å². The second-order valence-electron chi connectivity index (χ2n) is 8.62. The van der Waals surface area contributed by atoms with Crippen molar-refractivity contribution in [2.45, 2.75) is 12.8 Å². The molecule has 1 spiro atoms. The fourth-order valence-electron chi connectivity index (χ4n) is 4.42. The largest absolute Gasteiger partial charge is 0.397 e. The van der Waals surface area contributed by atoms with Crippen LogP contribution in [-0.4, -0.2) is 37.1 Å². The Labute approximate surface area is 182 Å². The molecule has 2 fully saturated rings. The summed E-state index contributed by atoms with van der Waals surface area (Å²) < 4.78 is 0. The molecular formula is C25H27N5O. The average Bonchev–Trinajstić information content (AvgIpc) is 2.80. The molecule has 2 saturated heterocycles. The molecule has 2 aliphatic heterocycles. The van der Waals surface area contributed by atoms with E-state index in [0.29, 0.717) is 22.4 Å². The molecule has 0 radical (unpaired) electrons. The predicted octanol–water partition coefficient (Wildman–Crippen LogP) is 3.77. The molecule has 3 aromatic rings. The summed E-state index contributed by atoms with van der Waals surface area (Å²) >= 11 is 0. The summed E-state index contributed by atoms with van der Waals surface area (Å²) in [5.41, 5.74) is 10.3. The van der Waals surface area contributed by atoms with Gasteiger partial charge in [0.15, 0.2) is 0 Å². The Morgan fingerprint density at radius 2 is 1.77 bits per heavy atom. The van der Waals surface area contributed by atoms with Crippen LogP contribution in [0.3, 0.4) is 0 Å². The van der Waals surface area contributed by atoms with Gasteiger partial charge in [0.05, 0.1) is 16.9 Å². The predicted molar refractivity (Wildman–Crippen MR) is 125 cm³/mol. The van der Waals surface area contributed by atoms with Gasteiger partial charge < -0.3 is 21.3 Å². The number of rotatable bonds is 4. The number of nitrogen functional groups attached to an aromatic ring is 1. The molecule has 5 rings (SSSR count). The van der Waals surface area contributed by atoms with Crippen LogP contribution in [0.4, 0.5) is 17.2 Å². The molecule has 1 amide bonds. The first-order valence-corrected chi connectivity index (χ1v) is 10.8. The number of nitrogens with zero attached hydrogens (tertiary/aromatic N) is 2. The zero-order valence-corrected chi connectivity index (χ0v) is 17.5. The molecule has 0 saturated carbocycles. The summed E-state index contributed by atoms with van der Waals surface area (Å²) in [5, 5.41) is 6.33. The lowest BCUT2D eigenvalue weighted by Gasteiger charge is -2.48. The number of hydrogen-bond donors (Lipinski definition) is 3. The zero-order chi connectivity index (χ0) is 21.3. The van der Waals surface area contributed by atoms with Crippen LogP contribution in [0.5, 0.6) is 0 Å². The maximum atomic E-state index is 12.8. The number of hydrogen-bond acceptors (Lipinski definition) is 5. The minimum absolute atomic E-state index is 0.214. The molecule has 2 aromatic carbocycles. The topological polar surface area (TPSA) is 83.3 Å². The van der Waals surface area contributed by atoms with Crippen molar-refractivity contribution in [1.82, 2.24) is 10.3 Å². The Hall–Kier alpha value is -3.38. The Balaban J connectivity index is 1.27. The second kappa shape index (κ2) is 8.04. The van der Waals surface area contributed by atoms with E-state index in [4.69, 9.17) is 5.73 Å². The fourth-order valence-corrected chi connectivity index (χ4v) is 4.42. The fraction of sp³-hybridized carbons (Fsp3) is 0.280. The lowest BCUT2D eigenvalue weighted by molar-refractivity contribution is 0.102. The molecule has 1 aromatic heterocycles. The number of amides is 1. The molecule has 6 nitrogen and oxygen atoms in total. The summed E-state index contributed by atoms with van der Waals surface area (Å²) in [7, 11) is 0. The third-order valence-corrected chi connectivity index (χ3v) is 6.57. The Morgan fingerprint density at radius 1 is 1.00 bits per heavy atom. The Bertz CT molecular complexity index is 1070. The van der Waals surface area contributed by atoms with Crippen molar-refractivity contribution in [3.63, 3.8) is 0 Å². The maximum absolute atomic E-state index is 12.8. The number of piperidine rings is 1. The number of anilines is 3. The van der Waals surface area contributed by atoms with Crippen molar-refractivity contribution in [1.29, 1.82) is 0 Å². The molecule has 4 N–H and O–H groups in total. The van der Waals surface area contributed by atoms with Crippen LogP contribution >= 0.6 is 0 Å². The van der Waals surface area contributed by atoms with Gasteiger partial charge in [-0.15, -0.1) is 0 Å². The van der Waals surface area contributed by atoms with Crippen LogP contribution in [0.2, 0.25) is 0 Å². The first-order valence-electron chi connectivity index (χ1n) is 10.8. The molecule has 0 unspecified atom stereocenters. The number of nitrogens with one attached hydrogen (secondary N) is 2. The van der Waals surface area contributed by atoms with E-state index in [9.17, 15) is 4.79 Å². The standard InChI is InChI=1S/C25H27N5O/c26-21-8-6-19(18-4-2-1-3-5-18)14-22(21)29-24(31)20-7-9-23(28-15-20)30-12-10-25(11-13-30)16-27-17-25/h1-9,14-15,27H,10-13,16-17,26H2,(H,29,31). The molecule has 6 heteroatoms. The van der Waals surface area contributed by atoms with E-state index in [2.05, 4.69) is 20.5 Å². The van der Waals surface area contributed by atoms with Crippen molar-refractivity contribution in [3.8, 4) is 11.1 Å². The van der Waals surface area contributed by atoms with E-state index in [0.717, 1.165) is 43.1 Å². The minimum atomic E-state index is -0.214. The number of carbonyl (C=O) groups is 1. The molecule has 31 heavy (non-hydrogen) atoms. The molecule has 0 atom stereocenters. The van der Waals surface area contributed by atoms with Crippen LogP contribution in [0.25, 0.3) is 11.1 Å². The normalized spacial score (nSPS) is 17.2. The van der Waals surface area contributed by atoms with Crippen molar-refractivity contribution >= 4 is 23.1 Å². The highest BCUT2D eigenvalue weighted by Crippen LogP contribution is 2.36. The van der Waals surface area contributed by atoms with E-state index in [-0.39, 0.29) is 5.91 Å². The van der Waals surface area contributed by atoms with Gasteiger partial charge in [0.2, 0.25) is 0 Å². The van der Waals surface area contributed by atoms with Gasteiger partial charge >= 0.3 is 0 Å². The Kier molecular flexibility index (Phi) is 5.08. The molecule has 158 valence electrons. The van der Waals surface area contributed by atoms with E-state index in [1.807, 2.05) is 60.7 Å². The molecular weight excluding hydrogens is 386 g/mol. The number of nitrogens with two attached hydrogens (primary N) is 1. The van der Waals surface area contributed by atoms with Gasteiger partial charge in [-0.05, 0) is 53.6 Å². The Morgan fingerprint density at radius 3 is 2.42 bits per heavy atom. The monoisotopic (exact) mass is 413 g/mol. The van der Waals surface area contributed by atoms with Gasteiger partial charge in [-0.1, -0.05) is 36.4 Å².